The molecule has 1 aromatic heterocycles. The summed E-state index contributed by atoms with van der Waals surface area (Å²) in [4.78, 5) is 25.2. The number of Topliss-reactive ketones (excluding diaryl/α,β-unsaturated/α-hetero) is 1. The van der Waals surface area contributed by atoms with Crippen molar-refractivity contribution in [2.24, 2.45) is 0 Å². The number of benzene rings is 1. The van der Waals surface area contributed by atoms with E-state index in [1.54, 1.807) is 31.2 Å². The van der Waals surface area contributed by atoms with E-state index in [4.69, 9.17) is 0 Å². The molecule has 2 aromatic rings. The molecule has 0 atom stereocenters. The van der Waals surface area contributed by atoms with Crippen molar-refractivity contribution in [3.05, 3.63) is 51.7 Å². The van der Waals surface area contributed by atoms with Crippen LogP contribution in [-0.4, -0.2) is 32.9 Å². The van der Waals surface area contributed by atoms with E-state index in [1.807, 2.05) is 12.1 Å². The zero-order valence-electron chi connectivity index (χ0n) is 14.2. The normalized spacial score (nSPS) is 11.3. The molecule has 0 bridgehead atoms. The molecule has 2 rings (SSSR count). The fourth-order valence-corrected chi connectivity index (χ4v) is 3.81. The summed E-state index contributed by atoms with van der Waals surface area (Å²) in [6, 6.07) is 10.3. The number of aryl methyl sites for hydroxylation is 1. The maximum Gasteiger partial charge on any atom is 0.220 e. The SMILES string of the molecule is CC(=O)c1ccc(CCNC(=O)CCc2ccc(S(C)(=O)=O)cc2)s1. The van der Waals surface area contributed by atoms with Crippen molar-refractivity contribution in [2.45, 2.75) is 31.1 Å². The van der Waals surface area contributed by atoms with Crippen molar-refractivity contribution in [3.8, 4) is 0 Å². The van der Waals surface area contributed by atoms with Crippen LogP contribution in [0.4, 0.5) is 0 Å². The van der Waals surface area contributed by atoms with Crippen LogP contribution in [0.25, 0.3) is 0 Å². The molecule has 1 heterocycles. The predicted octanol–water partition coefficient (Wildman–Crippen LogP) is 2.65. The molecule has 0 aliphatic carbocycles. The minimum atomic E-state index is -3.19. The number of sulfone groups is 1. The Morgan fingerprint density at radius 1 is 1.04 bits per heavy atom. The van der Waals surface area contributed by atoms with Gasteiger partial charge in [-0.2, -0.15) is 0 Å². The van der Waals surface area contributed by atoms with Crippen LogP contribution in [0.15, 0.2) is 41.3 Å². The third-order valence-corrected chi connectivity index (χ3v) is 6.07. The predicted molar refractivity (Wildman–Crippen MR) is 98.9 cm³/mol. The van der Waals surface area contributed by atoms with E-state index >= 15 is 0 Å². The Morgan fingerprint density at radius 3 is 2.28 bits per heavy atom. The summed E-state index contributed by atoms with van der Waals surface area (Å²) >= 11 is 1.46. The number of rotatable bonds is 8. The number of nitrogens with one attached hydrogen (secondary N) is 1. The van der Waals surface area contributed by atoms with Crippen LogP contribution in [0.2, 0.25) is 0 Å². The molecule has 0 unspecified atom stereocenters. The van der Waals surface area contributed by atoms with Gasteiger partial charge in [0, 0.05) is 24.1 Å². The summed E-state index contributed by atoms with van der Waals surface area (Å²) in [5.41, 5.74) is 0.923. The first-order valence-corrected chi connectivity index (χ1v) is 10.6. The van der Waals surface area contributed by atoms with E-state index in [2.05, 4.69) is 5.32 Å². The molecule has 0 aliphatic heterocycles. The Labute approximate surface area is 152 Å². The second kappa shape index (κ2) is 8.40. The lowest BCUT2D eigenvalue weighted by Crippen LogP contribution is -2.25. The van der Waals surface area contributed by atoms with E-state index in [0.717, 1.165) is 15.3 Å². The smallest absolute Gasteiger partial charge is 0.220 e. The van der Waals surface area contributed by atoms with Crippen LogP contribution in [0.1, 0.15) is 33.5 Å². The molecule has 134 valence electrons. The van der Waals surface area contributed by atoms with Crippen LogP contribution in [0.5, 0.6) is 0 Å². The van der Waals surface area contributed by atoms with Crippen LogP contribution in [0, 0.1) is 0 Å². The lowest BCUT2D eigenvalue weighted by atomic mass is 10.1. The van der Waals surface area contributed by atoms with E-state index in [9.17, 15) is 18.0 Å². The summed E-state index contributed by atoms with van der Waals surface area (Å²) in [6.07, 6.45) is 2.78. The van der Waals surface area contributed by atoms with Crippen LogP contribution in [-0.2, 0) is 27.5 Å². The molecule has 5 nitrogen and oxygen atoms in total. The highest BCUT2D eigenvalue weighted by Gasteiger charge is 2.08. The zero-order chi connectivity index (χ0) is 18.4. The number of hydrogen-bond donors (Lipinski definition) is 1. The van der Waals surface area contributed by atoms with Crippen LogP contribution >= 0.6 is 11.3 Å². The number of ketones is 1. The Kier molecular flexibility index (Phi) is 6.50. The number of carbonyl (C=O) groups excluding carboxylic acids is 2. The topological polar surface area (TPSA) is 80.3 Å². The van der Waals surface area contributed by atoms with E-state index in [-0.39, 0.29) is 16.6 Å². The monoisotopic (exact) mass is 379 g/mol. The summed E-state index contributed by atoms with van der Waals surface area (Å²) in [6.45, 7) is 2.07. The molecule has 25 heavy (non-hydrogen) atoms. The van der Waals surface area contributed by atoms with Gasteiger partial charge in [-0.15, -0.1) is 11.3 Å². The van der Waals surface area contributed by atoms with Crippen LogP contribution < -0.4 is 5.32 Å². The number of thiophene rings is 1. The standard InChI is InChI=1S/C18H21NO4S2/c1-13(20)17-9-6-15(24-17)11-12-19-18(21)10-5-14-3-7-16(8-4-14)25(2,22)23/h3-4,6-9H,5,10-12H2,1-2H3,(H,19,21). The van der Waals surface area contributed by atoms with E-state index in [0.29, 0.717) is 25.8 Å². The zero-order valence-corrected chi connectivity index (χ0v) is 15.9. The highest BCUT2D eigenvalue weighted by molar-refractivity contribution is 7.90. The first kappa shape index (κ1) is 19.3. The van der Waals surface area contributed by atoms with Gasteiger partial charge in [-0.1, -0.05) is 12.1 Å². The van der Waals surface area contributed by atoms with Gasteiger partial charge in [0.05, 0.1) is 9.77 Å². The Hall–Kier alpha value is -1.99. The minimum Gasteiger partial charge on any atom is -0.356 e. The second-order valence-electron chi connectivity index (χ2n) is 5.84. The first-order chi connectivity index (χ1) is 11.8. The largest absolute Gasteiger partial charge is 0.356 e. The average Bonchev–Trinajstić information content (AvgIpc) is 3.02. The van der Waals surface area contributed by atoms with Gasteiger partial charge in [0.15, 0.2) is 15.6 Å². The molecule has 1 amide bonds. The molecule has 0 fully saturated rings. The Bertz CT molecular complexity index is 851. The van der Waals surface area contributed by atoms with Crippen molar-refractivity contribution in [1.82, 2.24) is 5.32 Å². The fourth-order valence-electron chi connectivity index (χ4n) is 2.28. The van der Waals surface area contributed by atoms with Gasteiger partial charge in [0.2, 0.25) is 5.91 Å². The summed E-state index contributed by atoms with van der Waals surface area (Å²) in [5.74, 6) is 0.0118. The molecular formula is C18H21NO4S2. The van der Waals surface area contributed by atoms with Gasteiger partial charge in [0.1, 0.15) is 0 Å². The minimum absolute atomic E-state index is 0.0458. The molecule has 0 spiro atoms. The lowest BCUT2D eigenvalue weighted by Gasteiger charge is -2.05. The first-order valence-electron chi connectivity index (χ1n) is 7.91. The Balaban J connectivity index is 1.74. The molecule has 0 saturated carbocycles. The van der Waals surface area contributed by atoms with Gasteiger partial charge in [0.25, 0.3) is 0 Å². The van der Waals surface area contributed by atoms with Crippen molar-refractivity contribution >= 4 is 32.9 Å². The van der Waals surface area contributed by atoms with E-state index < -0.39 is 9.84 Å². The fraction of sp³-hybridized carbons (Fsp3) is 0.333. The molecule has 7 heteroatoms. The number of hydrogen-bond acceptors (Lipinski definition) is 5. The molecule has 0 radical (unpaired) electrons. The van der Waals surface area contributed by atoms with Crippen molar-refractivity contribution in [2.75, 3.05) is 12.8 Å². The number of amides is 1. The maximum absolute atomic E-state index is 11.9. The third-order valence-electron chi connectivity index (χ3n) is 3.69. The van der Waals surface area contributed by atoms with Crippen molar-refractivity contribution in [3.63, 3.8) is 0 Å². The lowest BCUT2D eigenvalue weighted by molar-refractivity contribution is -0.121. The van der Waals surface area contributed by atoms with Crippen LogP contribution in [0.3, 0.4) is 0 Å². The average molecular weight is 380 g/mol. The number of carbonyl (C=O) groups is 2. The molecular weight excluding hydrogens is 358 g/mol. The van der Waals surface area contributed by atoms with Gasteiger partial charge in [-0.3, -0.25) is 9.59 Å². The quantitative estimate of drug-likeness (QED) is 0.715. The molecule has 0 saturated heterocycles. The summed E-state index contributed by atoms with van der Waals surface area (Å²) in [7, 11) is -3.19. The molecule has 1 N–H and O–H groups in total. The molecule has 1 aromatic carbocycles. The Morgan fingerprint density at radius 2 is 1.72 bits per heavy atom. The van der Waals surface area contributed by atoms with Gasteiger partial charge in [-0.25, -0.2) is 8.42 Å². The van der Waals surface area contributed by atoms with Gasteiger partial charge >= 0.3 is 0 Å². The molecule has 0 aliphatic rings. The van der Waals surface area contributed by atoms with Crippen molar-refractivity contribution in [1.29, 1.82) is 0 Å². The van der Waals surface area contributed by atoms with Gasteiger partial charge in [-0.05, 0) is 49.6 Å². The highest BCUT2D eigenvalue weighted by Crippen LogP contribution is 2.17. The summed E-state index contributed by atoms with van der Waals surface area (Å²) in [5, 5.41) is 2.86. The maximum atomic E-state index is 11.9. The van der Waals surface area contributed by atoms with Crippen molar-refractivity contribution < 1.29 is 18.0 Å². The van der Waals surface area contributed by atoms with E-state index in [1.165, 1.54) is 17.6 Å². The highest BCUT2D eigenvalue weighted by atomic mass is 32.2. The summed E-state index contributed by atoms with van der Waals surface area (Å²) < 4.78 is 22.8. The van der Waals surface area contributed by atoms with Gasteiger partial charge < -0.3 is 5.32 Å². The third kappa shape index (κ3) is 6.10. The second-order valence-corrected chi connectivity index (χ2v) is 9.02.